The molecule has 6 N–H and O–H groups in total. The lowest BCUT2D eigenvalue weighted by Crippen LogP contribution is -2.29. The van der Waals surface area contributed by atoms with E-state index in [4.69, 9.17) is 16.2 Å². The van der Waals surface area contributed by atoms with Crippen molar-refractivity contribution in [3.63, 3.8) is 0 Å². The lowest BCUT2D eigenvalue weighted by Gasteiger charge is -2.25. The summed E-state index contributed by atoms with van der Waals surface area (Å²) in [4.78, 5) is 4.51. The number of hydrogen-bond acceptors (Lipinski definition) is 6. The van der Waals surface area contributed by atoms with Crippen molar-refractivity contribution < 1.29 is 9.84 Å². The standard InChI is InChI=1S/C29H30N4O2/c30-28-23(22-8-5-15-32-17-22)16-24(33-29(28)31)27-25(34)9-4-10-26(27)35-18-19-11-13-21(14-12-19)20-6-2-1-3-7-20/h1-4,6-7,9-14,16,22,32,34H,5,8,15,17-18,30H2,(H2,31,33). The van der Waals surface area contributed by atoms with E-state index < -0.39 is 0 Å². The maximum atomic E-state index is 10.8. The maximum Gasteiger partial charge on any atom is 0.147 e. The van der Waals surface area contributed by atoms with Gasteiger partial charge in [0.2, 0.25) is 0 Å². The Kier molecular flexibility index (Phi) is 6.55. The molecule has 0 bridgehead atoms. The monoisotopic (exact) mass is 466 g/mol. The Labute approximate surface area is 205 Å². The zero-order valence-corrected chi connectivity index (χ0v) is 19.6. The highest BCUT2D eigenvalue weighted by molar-refractivity contribution is 5.78. The van der Waals surface area contributed by atoms with Crippen LogP contribution in [0, 0.1) is 0 Å². The van der Waals surface area contributed by atoms with Gasteiger partial charge in [0, 0.05) is 6.54 Å². The molecule has 178 valence electrons. The van der Waals surface area contributed by atoms with E-state index in [2.05, 4.69) is 46.7 Å². The molecule has 35 heavy (non-hydrogen) atoms. The van der Waals surface area contributed by atoms with Crippen LogP contribution in [0.4, 0.5) is 11.5 Å². The number of rotatable bonds is 6. The van der Waals surface area contributed by atoms with Crippen molar-refractivity contribution in [2.75, 3.05) is 24.6 Å². The van der Waals surface area contributed by atoms with Gasteiger partial charge >= 0.3 is 0 Å². The summed E-state index contributed by atoms with van der Waals surface area (Å²) < 4.78 is 6.18. The number of hydrogen-bond donors (Lipinski definition) is 4. The first-order valence-electron chi connectivity index (χ1n) is 12.0. The zero-order valence-electron chi connectivity index (χ0n) is 19.6. The SMILES string of the molecule is Nc1nc(-c2c(O)cccc2OCc2ccc(-c3ccccc3)cc2)cc(C2CCCNC2)c1N. The Hall–Kier alpha value is -4.03. The van der Waals surface area contributed by atoms with E-state index >= 15 is 0 Å². The van der Waals surface area contributed by atoms with Crippen molar-refractivity contribution in [1.82, 2.24) is 10.3 Å². The summed E-state index contributed by atoms with van der Waals surface area (Å²) in [5.74, 6) is 1.16. The quantitative estimate of drug-likeness (QED) is 0.306. The minimum atomic E-state index is 0.0892. The van der Waals surface area contributed by atoms with Crippen molar-refractivity contribution >= 4 is 11.5 Å². The fraction of sp³-hybridized carbons (Fsp3) is 0.207. The number of phenols is 1. The summed E-state index contributed by atoms with van der Waals surface area (Å²) in [6.45, 7) is 2.21. The Bertz CT molecular complexity index is 1300. The molecule has 1 aliphatic rings. The van der Waals surface area contributed by atoms with E-state index in [0.29, 0.717) is 29.3 Å². The second-order valence-electron chi connectivity index (χ2n) is 8.94. The third-order valence-corrected chi connectivity index (χ3v) is 6.57. The van der Waals surface area contributed by atoms with Gasteiger partial charge in [0.15, 0.2) is 0 Å². The van der Waals surface area contributed by atoms with E-state index in [1.165, 1.54) is 5.56 Å². The predicted molar refractivity (Wildman–Crippen MR) is 141 cm³/mol. The largest absolute Gasteiger partial charge is 0.507 e. The number of nitrogens with one attached hydrogen (secondary N) is 1. The van der Waals surface area contributed by atoms with E-state index in [0.717, 1.165) is 42.6 Å². The second-order valence-corrected chi connectivity index (χ2v) is 8.94. The third kappa shape index (κ3) is 4.93. The highest BCUT2D eigenvalue weighted by Crippen LogP contribution is 2.41. The van der Waals surface area contributed by atoms with Gasteiger partial charge in [0.05, 0.1) is 16.9 Å². The van der Waals surface area contributed by atoms with Crippen LogP contribution in [0.3, 0.4) is 0 Å². The minimum absolute atomic E-state index is 0.0892. The van der Waals surface area contributed by atoms with Crippen molar-refractivity contribution in [2.45, 2.75) is 25.4 Å². The van der Waals surface area contributed by atoms with Crippen molar-refractivity contribution in [3.05, 3.63) is 90.0 Å². The van der Waals surface area contributed by atoms with Crippen LogP contribution in [0.5, 0.6) is 11.5 Å². The molecule has 1 atom stereocenters. The number of nitrogen functional groups attached to an aromatic ring is 2. The number of aromatic hydroxyl groups is 1. The molecule has 0 saturated carbocycles. The van der Waals surface area contributed by atoms with Crippen LogP contribution in [-0.4, -0.2) is 23.2 Å². The number of pyridine rings is 1. The maximum absolute atomic E-state index is 10.8. The van der Waals surface area contributed by atoms with E-state index in [-0.39, 0.29) is 17.5 Å². The van der Waals surface area contributed by atoms with Gasteiger partial charge in [0.25, 0.3) is 0 Å². The molecular weight excluding hydrogens is 436 g/mol. The molecule has 6 nitrogen and oxygen atoms in total. The molecule has 0 spiro atoms. The van der Waals surface area contributed by atoms with Gasteiger partial charge in [-0.3, -0.25) is 0 Å². The molecule has 2 heterocycles. The molecule has 1 aromatic heterocycles. The topological polar surface area (TPSA) is 106 Å². The van der Waals surface area contributed by atoms with E-state index in [9.17, 15) is 5.11 Å². The van der Waals surface area contributed by atoms with Crippen LogP contribution in [0.1, 0.15) is 29.9 Å². The third-order valence-electron chi connectivity index (χ3n) is 6.57. The molecule has 1 saturated heterocycles. The predicted octanol–water partition coefficient (Wildman–Crippen LogP) is 5.33. The van der Waals surface area contributed by atoms with Gasteiger partial charge in [-0.05, 0) is 65.8 Å². The number of nitrogens with two attached hydrogens (primary N) is 2. The van der Waals surface area contributed by atoms with Crippen LogP contribution in [0.25, 0.3) is 22.4 Å². The fourth-order valence-electron chi connectivity index (χ4n) is 4.66. The molecule has 0 radical (unpaired) electrons. The first-order chi connectivity index (χ1) is 17.1. The highest BCUT2D eigenvalue weighted by Gasteiger charge is 2.22. The lowest BCUT2D eigenvalue weighted by molar-refractivity contribution is 0.306. The Balaban J connectivity index is 1.41. The summed E-state index contributed by atoms with van der Waals surface area (Å²) in [7, 11) is 0. The van der Waals surface area contributed by atoms with Gasteiger partial charge < -0.3 is 26.6 Å². The minimum Gasteiger partial charge on any atom is -0.507 e. The number of nitrogens with zero attached hydrogens (tertiary/aromatic N) is 1. The zero-order chi connectivity index (χ0) is 24.2. The number of aromatic nitrogens is 1. The van der Waals surface area contributed by atoms with Crippen LogP contribution >= 0.6 is 0 Å². The number of phenolic OH excluding ortho intramolecular Hbond substituents is 1. The molecular formula is C29H30N4O2. The molecule has 1 fully saturated rings. The van der Waals surface area contributed by atoms with Crippen LogP contribution in [0.15, 0.2) is 78.9 Å². The lowest BCUT2D eigenvalue weighted by atomic mass is 9.89. The molecule has 5 rings (SSSR count). The molecule has 4 aromatic rings. The van der Waals surface area contributed by atoms with E-state index in [1.54, 1.807) is 12.1 Å². The Morgan fingerprint density at radius 2 is 1.71 bits per heavy atom. The van der Waals surface area contributed by atoms with Crippen LogP contribution in [0.2, 0.25) is 0 Å². The number of piperidine rings is 1. The highest BCUT2D eigenvalue weighted by atomic mass is 16.5. The molecule has 3 aromatic carbocycles. The van der Waals surface area contributed by atoms with Crippen LogP contribution in [-0.2, 0) is 6.61 Å². The van der Waals surface area contributed by atoms with Gasteiger partial charge in [-0.25, -0.2) is 4.98 Å². The average Bonchev–Trinajstić information content (AvgIpc) is 2.90. The average molecular weight is 467 g/mol. The second kappa shape index (κ2) is 10.1. The first kappa shape index (κ1) is 22.7. The molecule has 0 amide bonds. The fourth-order valence-corrected chi connectivity index (χ4v) is 4.66. The number of ether oxygens (including phenoxy) is 1. The van der Waals surface area contributed by atoms with Gasteiger partial charge in [-0.15, -0.1) is 0 Å². The Morgan fingerprint density at radius 1 is 0.943 bits per heavy atom. The number of benzene rings is 3. The summed E-state index contributed by atoms with van der Waals surface area (Å²) >= 11 is 0. The Morgan fingerprint density at radius 3 is 2.46 bits per heavy atom. The van der Waals surface area contributed by atoms with Crippen LogP contribution < -0.4 is 21.5 Å². The van der Waals surface area contributed by atoms with Crippen molar-refractivity contribution in [3.8, 4) is 33.9 Å². The first-order valence-corrected chi connectivity index (χ1v) is 12.0. The summed E-state index contributed by atoms with van der Waals surface area (Å²) in [6.07, 6.45) is 2.11. The van der Waals surface area contributed by atoms with Gasteiger partial charge in [0.1, 0.15) is 23.9 Å². The summed E-state index contributed by atoms with van der Waals surface area (Å²) in [6, 6.07) is 25.7. The van der Waals surface area contributed by atoms with Gasteiger partial charge in [-0.1, -0.05) is 60.7 Å². The van der Waals surface area contributed by atoms with Crippen molar-refractivity contribution in [2.24, 2.45) is 0 Å². The summed E-state index contributed by atoms with van der Waals surface area (Å²) in [5, 5.41) is 14.2. The summed E-state index contributed by atoms with van der Waals surface area (Å²) in [5.41, 5.74) is 18.4. The molecule has 1 unspecified atom stereocenters. The van der Waals surface area contributed by atoms with Crippen molar-refractivity contribution in [1.29, 1.82) is 0 Å². The normalized spacial score (nSPS) is 15.6. The molecule has 0 aliphatic carbocycles. The van der Waals surface area contributed by atoms with E-state index in [1.807, 2.05) is 30.3 Å². The smallest absolute Gasteiger partial charge is 0.147 e. The molecule has 1 aliphatic heterocycles. The number of anilines is 2. The molecule has 6 heteroatoms. The van der Waals surface area contributed by atoms with Gasteiger partial charge in [-0.2, -0.15) is 0 Å².